The summed E-state index contributed by atoms with van der Waals surface area (Å²) < 4.78 is 5.18. The Morgan fingerprint density at radius 1 is 0.571 bits per heavy atom. The third kappa shape index (κ3) is 4.68. The van der Waals surface area contributed by atoms with E-state index in [1.165, 1.54) is 75.6 Å². The van der Waals surface area contributed by atoms with E-state index in [4.69, 9.17) is 0 Å². The van der Waals surface area contributed by atoms with Crippen LogP contribution in [-0.2, 0) is 5.41 Å². The molecule has 0 saturated heterocycles. The van der Waals surface area contributed by atoms with Gasteiger partial charge in [-0.05, 0) is 60.9 Å². The summed E-state index contributed by atoms with van der Waals surface area (Å²) in [4.78, 5) is 0. The maximum atomic E-state index is 3.85. The van der Waals surface area contributed by atoms with Gasteiger partial charge in [0.15, 0.2) is 0 Å². The number of hydrogen-bond acceptors (Lipinski definition) is 2. The van der Waals surface area contributed by atoms with E-state index in [9.17, 15) is 0 Å². The van der Waals surface area contributed by atoms with Crippen molar-refractivity contribution in [1.82, 2.24) is 4.57 Å². The zero-order valence-corrected chi connectivity index (χ0v) is 28.4. The van der Waals surface area contributed by atoms with Crippen molar-refractivity contribution in [2.24, 2.45) is 0 Å². The first kappa shape index (κ1) is 29.5. The van der Waals surface area contributed by atoms with Crippen molar-refractivity contribution in [1.29, 1.82) is 0 Å². The van der Waals surface area contributed by atoms with Crippen molar-refractivity contribution in [2.45, 2.75) is 25.3 Å². The Morgan fingerprint density at radius 3 is 1.96 bits per heavy atom. The van der Waals surface area contributed by atoms with Gasteiger partial charge in [-0.25, -0.2) is 0 Å². The van der Waals surface area contributed by atoms with E-state index in [-0.39, 0.29) is 11.5 Å². The SMILES string of the molecule is CC1Nc2ccc3c4ccccc4n(-c4ccc(-c5cccc6c5sc5ccccc56)cc4)c3c2C1(C)c1ccccc1.c1ccccc1. The van der Waals surface area contributed by atoms with Crippen LogP contribution in [0.15, 0.2) is 170 Å². The molecule has 2 unspecified atom stereocenters. The highest BCUT2D eigenvalue weighted by Gasteiger charge is 2.44. The Hall–Kier alpha value is -5.64. The molecular weight excluding hydrogens is 613 g/mol. The molecule has 2 nitrogen and oxygen atoms in total. The van der Waals surface area contributed by atoms with Gasteiger partial charge in [-0.3, -0.25) is 0 Å². The molecule has 0 spiro atoms. The summed E-state index contributed by atoms with van der Waals surface area (Å²) in [5, 5.41) is 9.10. The molecule has 0 radical (unpaired) electrons. The second-order valence-electron chi connectivity index (χ2n) is 13.2. The fourth-order valence-electron chi connectivity index (χ4n) is 7.89. The van der Waals surface area contributed by atoms with Gasteiger partial charge in [0.2, 0.25) is 0 Å². The van der Waals surface area contributed by atoms with Crippen LogP contribution < -0.4 is 5.32 Å². The molecule has 2 aromatic heterocycles. The van der Waals surface area contributed by atoms with Gasteiger partial charge in [0.05, 0.1) is 11.0 Å². The average Bonchev–Trinajstić information content (AvgIpc) is 3.80. The quantitative estimate of drug-likeness (QED) is 0.202. The van der Waals surface area contributed by atoms with Crippen molar-refractivity contribution in [2.75, 3.05) is 5.32 Å². The lowest BCUT2D eigenvalue weighted by atomic mass is 9.73. The Morgan fingerprint density at radius 2 is 1.20 bits per heavy atom. The Bertz CT molecular complexity index is 2570. The van der Waals surface area contributed by atoms with Crippen LogP contribution in [0.3, 0.4) is 0 Å². The van der Waals surface area contributed by atoms with Crippen LogP contribution >= 0.6 is 11.3 Å². The Kier molecular flexibility index (Phi) is 7.10. The summed E-state index contributed by atoms with van der Waals surface area (Å²) in [5.41, 5.74) is 10.0. The number of para-hydroxylation sites is 1. The Labute approximate surface area is 290 Å². The molecule has 0 saturated carbocycles. The van der Waals surface area contributed by atoms with Crippen molar-refractivity contribution in [3.63, 3.8) is 0 Å². The van der Waals surface area contributed by atoms with E-state index in [1.807, 2.05) is 47.7 Å². The largest absolute Gasteiger partial charge is 0.381 e. The monoisotopic (exact) mass is 648 g/mol. The van der Waals surface area contributed by atoms with E-state index in [0.717, 1.165) is 0 Å². The van der Waals surface area contributed by atoms with Gasteiger partial charge in [0.25, 0.3) is 0 Å². The number of hydrogen-bond donors (Lipinski definition) is 1. The van der Waals surface area contributed by atoms with E-state index in [1.54, 1.807) is 0 Å². The molecule has 10 rings (SSSR count). The minimum atomic E-state index is -0.182. The van der Waals surface area contributed by atoms with Gasteiger partial charge in [-0.15, -0.1) is 11.3 Å². The summed E-state index contributed by atoms with van der Waals surface area (Å²) in [6.07, 6.45) is 0. The number of aromatic nitrogens is 1. The molecule has 7 aromatic carbocycles. The zero-order valence-electron chi connectivity index (χ0n) is 27.6. The van der Waals surface area contributed by atoms with Gasteiger partial charge < -0.3 is 9.88 Å². The predicted molar refractivity (Wildman–Crippen MR) is 212 cm³/mol. The number of nitrogens with zero attached hydrogens (tertiary/aromatic N) is 1. The smallest absolute Gasteiger partial charge is 0.0603 e. The maximum Gasteiger partial charge on any atom is 0.0603 e. The third-order valence-electron chi connectivity index (χ3n) is 10.5. The molecular formula is C46H36N2S. The van der Waals surface area contributed by atoms with E-state index < -0.39 is 0 Å². The van der Waals surface area contributed by atoms with Crippen LogP contribution in [0.2, 0.25) is 0 Å². The predicted octanol–water partition coefficient (Wildman–Crippen LogP) is 12.6. The number of rotatable bonds is 3. The second kappa shape index (κ2) is 11.8. The molecule has 0 bridgehead atoms. The summed E-state index contributed by atoms with van der Waals surface area (Å²) >= 11 is 1.89. The number of benzene rings is 7. The fraction of sp³-hybridized carbons (Fsp3) is 0.0870. The average molecular weight is 649 g/mol. The molecule has 1 N–H and O–H groups in total. The van der Waals surface area contributed by atoms with Gasteiger partial charge in [-0.2, -0.15) is 0 Å². The van der Waals surface area contributed by atoms with Crippen molar-refractivity contribution in [3.8, 4) is 16.8 Å². The van der Waals surface area contributed by atoms with Crippen LogP contribution in [-0.4, -0.2) is 10.6 Å². The molecule has 0 aliphatic carbocycles. The van der Waals surface area contributed by atoms with E-state index >= 15 is 0 Å². The van der Waals surface area contributed by atoms with Crippen LogP contribution in [0.1, 0.15) is 25.0 Å². The molecule has 1 aliphatic heterocycles. The standard InChI is InChI=1S/C40H30N2S.C6H6/c1-25-40(2,27-11-4-3-5-12-27)37-34(41-25)24-23-32-30-13-6-8-17-35(30)42(38(32)37)28-21-19-26(20-22-28)29-15-10-16-33-31-14-7-9-18-36(31)43-39(29)33;1-2-4-6-5-3-1/h3-25,41H,1-2H3;1-6H. The van der Waals surface area contributed by atoms with Gasteiger partial charge >= 0.3 is 0 Å². The second-order valence-corrected chi connectivity index (χ2v) is 14.2. The normalized spacial score (nSPS) is 16.8. The summed E-state index contributed by atoms with van der Waals surface area (Å²) in [6, 6.07) is 61.3. The first-order valence-electron chi connectivity index (χ1n) is 17.0. The number of thiophene rings is 1. The third-order valence-corrected chi connectivity index (χ3v) is 11.7. The minimum Gasteiger partial charge on any atom is -0.381 e. The lowest BCUT2D eigenvalue weighted by molar-refractivity contribution is 0.529. The highest BCUT2D eigenvalue weighted by molar-refractivity contribution is 7.26. The molecule has 236 valence electrons. The molecule has 1 aliphatic rings. The van der Waals surface area contributed by atoms with Gasteiger partial charge in [0.1, 0.15) is 0 Å². The van der Waals surface area contributed by atoms with Crippen molar-refractivity contribution in [3.05, 3.63) is 181 Å². The molecule has 2 atom stereocenters. The van der Waals surface area contributed by atoms with Crippen LogP contribution in [0.25, 0.3) is 58.8 Å². The van der Waals surface area contributed by atoms with E-state index in [2.05, 4.69) is 157 Å². The fourth-order valence-corrected chi connectivity index (χ4v) is 9.13. The van der Waals surface area contributed by atoms with Gasteiger partial charge in [-0.1, -0.05) is 140 Å². The van der Waals surface area contributed by atoms with Crippen LogP contribution in [0.5, 0.6) is 0 Å². The molecule has 9 aromatic rings. The van der Waals surface area contributed by atoms with Gasteiger partial charge in [0, 0.05) is 59.3 Å². The van der Waals surface area contributed by atoms with Crippen molar-refractivity contribution < 1.29 is 0 Å². The highest BCUT2D eigenvalue weighted by Crippen LogP contribution is 2.51. The van der Waals surface area contributed by atoms with Crippen LogP contribution in [0.4, 0.5) is 5.69 Å². The topological polar surface area (TPSA) is 17.0 Å². The number of anilines is 1. The maximum absolute atomic E-state index is 3.85. The lowest BCUT2D eigenvalue weighted by Crippen LogP contribution is -2.35. The Balaban J connectivity index is 0.000000492. The molecule has 49 heavy (non-hydrogen) atoms. The minimum absolute atomic E-state index is 0.182. The molecule has 3 heterocycles. The zero-order chi connectivity index (χ0) is 33.0. The summed E-state index contributed by atoms with van der Waals surface area (Å²) in [5.74, 6) is 0. The first-order valence-corrected chi connectivity index (χ1v) is 17.8. The lowest BCUT2D eigenvalue weighted by Gasteiger charge is -2.31. The highest BCUT2D eigenvalue weighted by atomic mass is 32.1. The molecule has 0 amide bonds. The molecule has 3 heteroatoms. The van der Waals surface area contributed by atoms with Crippen LogP contribution in [0, 0.1) is 0 Å². The molecule has 0 fully saturated rings. The van der Waals surface area contributed by atoms with Crippen molar-refractivity contribution >= 4 is 59.0 Å². The number of nitrogens with one attached hydrogen (secondary N) is 1. The summed E-state index contributed by atoms with van der Waals surface area (Å²) in [7, 11) is 0. The first-order chi connectivity index (χ1) is 24.1. The summed E-state index contributed by atoms with van der Waals surface area (Å²) in [6.45, 7) is 4.72. The van der Waals surface area contributed by atoms with E-state index in [0.29, 0.717) is 0 Å². The number of fused-ring (bicyclic) bond motifs is 8.